The number of amides is 1. The van der Waals surface area contributed by atoms with Gasteiger partial charge in [-0.3, -0.25) is 9.79 Å². The Labute approximate surface area is 182 Å². The molecule has 7 heteroatoms. The molecule has 4 N–H and O–H groups in total. The summed E-state index contributed by atoms with van der Waals surface area (Å²) in [6, 6.07) is 0. The number of hydrogen-bond acceptors (Lipinski definition) is 3. The lowest BCUT2D eigenvalue weighted by molar-refractivity contribution is -0.123. The lowest BCUT2D eigenvalue weighted by Gasteiger charge is -2.31. The van der Waals surface area contributed by atoms with Gasteiger partial charge in [-0.2, -0.15) is 0 Å². The highest BCUT2D eigenvalue weighted by molar-refractivity contribution is 14.0. The second-order valence-electron chi connectivity index (χ2n) is 7.97. The maximum Gasteiger partial charge on any atom is 0.221 e. The van der Waals surface area contributed by atoms with Crippen LogP contribution in [0.1, 0.15) is 64.2 Å². The number of nitrogens with one attached hydrogen (secondary N) is 2. The Morgan fingerprint density at radius 2 is 1.78 bits per heavy atom. The predicted molar refractivity (Wildman–Crippen MR) is 124 cm³/mol. The topological polar surface area (TPSA) is 82.8 Å². The Morgan fingerprint density at radius 3 is 2.44 bits per heavy atom. The van der Waals surface area contributed by atoms with Crippen molar-refractivity contribution < 1.29 is 4.79 Å². The fraction of sp³-hybridized carbons (Fsp3) is 0.900. The summed E-state index contributed by atoms with van der Waals surface area (Å²) in [6.07, 6.45) is 12.8. The van der Waals surface area contributed by atoms with E-state index in [0.29, 0.717) is 0 Å². The number of nitrogens with two attached hydrogens (primary N) is 1. The van der Waals surface area contributed by atoms with Crippen LogP contribution in [-0.2, 0) is 4.79 Å². The fourth-order valence-corrected chi connectivity index (χ4v) is 4.29. The van der Waals surface area contributed by atoms with Crippen molar-refractivity contribution >= 4 is 35.8 Å². The van der Waals surface area contributed by atoms with E-state index in [2.05, 4.69) is 20.5 Å². The average Bonchev–Trinajstić information content (AvgIpc) is 2.67. The molecule has 1 aliphatic heterocycles. The molecule has 0 radical (unpaired) electrons. The molecule has 0 bridgehead atoms. The van der Waals surface area contributed by atoms with E-state index in [0.717, 1.165) is 63.9 Å². The van der Waals surface area contributed by atoms with E-state index in [1.54, 1.807) is 0 Å². The highest BCUT2D eigenvalue weighted by Crippen LogP contribution is 2.26. The Hall–Kier alpha value is -0.570. The molecule has 2 rings (SSSR count). The van der Waals surface area contributed by atoms with Crippen molar-refractivity contribution in [3.05, 3.63) is 0 Å². The van der Waals surface area contributed by atoms with Gasteiger partial charge >= 0.3 is 0 Å². The molecule has 1 unspecified atom stereocenters. The predicted octanol–water partition coefficient (Wildman–Crippen LogP) is 2.72. The molecule has 27 heavy (non-hydrogen) atoms. The molecule has 1 saturated carbocycles. The third-order valence-corrected chi connectivity index (χ3v) is 5.88. The third kappa shape index (κ3) is 9.96. The molecule has 1 saturated heterocycles. The Morgan fingerprint density at radius 1 is 1.07 bits per heavy atom. The molecule has 2 aliphatic rings. The minimum atomic E-state index is -0.148. The van der Waals surface area contributed by atoms with Crippen LogP contribution < -0.4 is 16.4 Å². The average molecular weight is 493 g/mol. The van der Waals surface area contributed by atoms with Crippen molar-refractivity contribution in [2.24, 2.45) is 22.6 Å². The van der Waals surface area contributed by atoms with E-state index in [-0.39, 0.29) is 35.8 Å². The minimum Gasteiger partial charge on any atom is -0.369 e. The normalized spacial score (nSPS) is 22.1. The number of primary amides is 1. The first kappa shape index (κ1) is 24.5. The van der Waals surface area contributed by atoms with Crippen molar-refractivity contribution in [2.75, 3.05) is 39.8 Å². The quantitative estimate of drug-likeness (QED) is 0.200. The summed E-state index contributed by atoms with van der Waals surface area (Å²) < 4.78 is 0. The zero-order chi connectivity index (χ0) is 18.6. The van der Waals surface area contributed by atoms with Crippen molar-refractivity contribution in [1.82, 2.24) is 15.5 Å². The van der Waals surface area contributed by atoms with Crippen LogP contribution in [0.5, 0.6) is 0 Å². The number of likely N-dealkylation sites (tertiary alicyclic amines) is 1. The molecule has 0 aromatic rings. The highest BCUT2D eigenvalue weighted by Gasteiger charge is 2.23. The SMILES string of the molecule is CN=C(NCCCC1CCCCC1)NCCCN1CCCC(C(N)=O)C1.I. The van der Waals surface area contributed by atoms with Crippen molar-refractivity contribution in [3.63, 3.8) is 0 Å². The van der Waals surface area contributed by atoms with Crippen molar-refractivity contribution in [1.29, 1.82) is 0 Å². The van der Waals surface area contributed by atoms with E-state index in [9.17, 15) is 4.79 Å². The van der Waals surface area contributed by atoms with Gasteiger partial charge in [0.2, 0.25) is 5.91 Å². The zero-order valence-electron chi connectivity index (χ0n) is 17.0. The molecule has 2 fully saturated rings. The number of rotatable bonds is 9. The lowest BCUT2D eigenvalue weighted by Crippen LogP contribution is -2.43. The van der Waals surface area contributed by atoms with Crippen LogP contribution in [0, 0.1) is 11.8 Å². The molecule has 158 valence electrons. The second-order valence-corrected chi connectivity index (χ2v) is 7.97. The summed E-state index contributed by atoms with van der Waals surface area (Å²) in [7, 11) is 1.83. The first-order valence-electron chi connectivity index (χ1n) is 10.6. The van der Waals surface area contributed by atoms with Crippen LogP contribution in [0.25, 0.3) is 0 Å². The summed E-state index contributed by atoms with van der Waals surface area (Å²) >= 11 is 0. The summed E-state index contributed by atoms with van der Waals surface area (Å²) in [6.45, 7) is 4.82. The zero-order valence-corrected chi connectivity index (χ0v) is 19.4. The van der Waals surface area contributed by atoms with Crippen molar-refractivity contribution in [2.45, 2.75) is 64.2 Å². The molecule has 0 spiro atoms. The summed E-state index contributed by atoms with van der Waals surface area (Å²) in [5.74, 6) is 1.75. The van der Waals surface area contributed by atoms with Gasteiger partial charge in [0.1, 0.15) is 0 Å². The van der Waals surface area contributed by atoms with Gasteiger partial charge in [-0.15, -0.1) is 24.0 Å². The minimum absolute atomic E-state index is 0. The largest absolute Gasteiger partial charge is 0.369 e. The van der Waals surface area contributed by atoms with Crippen LogP contribution in [0.15, 0.2) is 4.99 Å². The van der Waals surface area contributed by atoms with Crippen LogP contribution in [0.4, 0.5) is 0 Å². The van der Waals surface area contributed by atoms with Gasteiger partial charge in [-0.05, 0) is 51.1 Å². The highest BCUT2D eigenvalue weighted by atomic mass is 127. The van der Waals surface area contributed by atoms with Gasteiger partial charge in [-0.25, -0.2) is 0 Å². The number of piperidine rings is 1. The molecule has 6 nitrogen and oxygen atoms in total. The number of carbonyl (C=O) groups is 1. The molecule has 1 atom stereocenters. The molecular formula is C20H40IN5O. The number of halogens is 1. The van der Waals surface area contributed by atoms with E-state index >= 15 is 0 Å². The molecular weight excluding hydrogens is 453 g/mol. The van der Waals surface area contributed by atoms with E-state index < -0.39 is 0 Å². The monoisotopic (exact) mass is 493 g/mol. The Balaban J connectivity index is 0.00000364. The lowest BCUT2D eigenvalue weighted by atomic mass is 9.86. The molecule has 0 aromatic carbocycles. The number of carbonyl (C=O) groups excluding carboxylic acids is 1. The second kappa shape index (κ2) is 14.4. The standard InChI is InChI=1S/C20H39N5O.HI/c1-22-20(23-12-5-10-17-8-3-2-4-9-17)24-13-7-15-25-14-6-11-18(16-25)19(21)26;/h17-18H,2-16H2,1H3,(H2,21,26)(H2,22,23,24);1H. The van der Waals surface area contributed by atoms with Gasteiger partial charge in [0.05, 0.1) is 5.92 Å². The van der Waals surface area contributed by atoms with Gasteiger partial charge in [0.15, 0.2) is 5.96 Å². The first-order valence-corrected chi connectivity index (χ1v) is 10.6. The molecule has 1 amide bonds. The number of aliphatic imine (C=N–C) groups is 1. The maximum atomic E-state index is 11.3. The van der Waals surface area contributed by atoms with Crippen LogP contribution in [-0.4, -0.2) is 56.5 Å². The summed E-state index contributed by atoms with van der Waals surface area (Å²) in [4.78, 5) is 18.0. The van der Waals surface area contributed by atoms with Gasteiger partial charge in [0, 0.05) is 26.7 Å². The number of hydrogen-bond donors (Lipinski definition) is 3. The first-order chi connectivity index (χ1) is 12.7. The van der Waals surface area contributed by atoms with Crippen LogP contribution in [0.2, 0.25) is 0 Å². The Kier molecular flexibility index (Phi) is 13.1. The van der Waals surface area contributed by atoms with Gasteiger partial charge in [0.25, 0.3) is 0 Å². The van der Waals surface area contributed by atoms with E-state index in [1.165, 1.54) is 44.9 Å². The number of nitrogens with zero attached hydrogens (tertiary/aromatic N) is 2. The summed E-state index contributed by atoms with van der Waals surface area (Å²) in [5.41, 5.74) is 5.45. The van der Waals surface area contributed by atoms with Gasteiger partial charge < -0.3 is 21.3 Å². The maximum absolute atomic E-state index is 11.3. The molecule has 1 heterocycles. The van der Waals surface area contributed by atoms with E-state index in [4.69, 9.17) is 5.73 Å². The molecule has 1 aliphatic carbocycles. The number of guanidine groups is 1. The third-order valence-electron chi connectivity index (χ3n) is 5.88. The van der Waals surface area contributed by atoms with Crippen molar-refractivity contribution in [3.8, 4) is 0 Å². The summed E-state index contributed by atoms with van der Waals surface area (Å²) in [5, 5.41) is 6.84. The fourth-order valence-electron chi connectivity index (χ4n) is 4.29. The Bertz CT molecular complexity index is 440. The molecule has 0 aromatic heterocycles. The van der Waals surface area contributed by atoms with Crippen LogP contribution in [0.3, 0.4) is 0 Å². The smallest absolute Gasteiger partial charge is 0.221 e. The van der Waals surface area contributed by atoms with Gasteiger partial charge in [-0.1, -0.05) is 32.1 Å². The van der Waals surface area contributed by atoms with Crippen LogP contribution >= 0.6 is 24.0 Å². The van der Waals surface area contributed by atoms with E-state index in [1.807, 2.05) is 7.05 Å².